The van der Waals surface area contributed by atoms with Gasteiger partial charge in [-0.25, -0.2) is 0 Å². The SMILES string of the molecule is COc1ccccc1CC(=O)N1CCC(O)c2ccccc21. The number of para-hydroxylation sites is 2. The molecule has 1 N–H and O–H groups in total. The molecular formula is C18H19NO3. The Labute approximate surface area is 130 Å². The molecule has 0 spiro atoms. The molecule has 0 radical (unpaired) electrons. The maximum absolute atomic E-state index is 12.7. The second-order valence-corrected chi connectivity index (χ2v) is 5.40. The first-order valence-electron chi connectivity index (χ1n) is 7.40. The molecule has 114 valence electrons. The summed E-state index contributed by atoms with van der Waals surface area (Å²) < 4.78 is 5.31. The predicted octanol–water partition coefficient (Wildman–Crippen LogP) is 2.71. The first kappa shape index (κ1) is 14.6. The summed E-state index contributed by atoms with van der Waals surface area (Å²) in [5.74, 6) is 0.741. The highest BCUT2D eigenvalue weighted by Gasteiger charge is 2.27. The van der Waals surface area contributed by atoms with Crippen LogP contribution in [0.15, 0.2) is 48.5 Å². The Morgan fingerprint density at radius 2 is 1.95 bits per heavy atom. The van der Waals surface area contributed by atoms with E-state index in [9.17, 15) is 9.90 Å². The van der Waals surface area contributed by atoms with Crippen LogP contribution in [0.1, 0.15) is 23.7 Å². The Kier molecular flexibility index (Phi) is 4.11. The molecule has 2 aromatic rings. The van der Waals surface area contributed by atoms with Crippen molar-refractivity contribution in [3.63, 3.8) is 0 Å². The molecule has 1 atom stereocenters. The molecule has 0 saturated heterocycles. The minimum atomic E-state index is -0.494. The van der Waals surface area contributed by atoms with Crippen LogP contribution in [0.3, 0.4) is 0 Å². The Balaban J connectivity index is 1.86. The average molecular weight is 297 g/mol. The van der Waals surface area contributed by atoms with Crippen LogP contribution in [0.5, 0.6) is 5.75 Å². The van der Waals surface area contributed by atoms with Crippen molar-refractivity contribution in [3.8, 4) is 5.75 Å². The molecule has 0 fully saturated rings. The summed E-state index contributed by atoms with van der Waals surface area (Å²) in [6.07, 6.45) is 0.356. The molecular weight excluding hydrogens is 278 g/mol. The quantitative estimate of drug-likeness (QED) is 0.947. The summed E-state index contributed by atoms with van der Waals surface area (Å²) in [5, 5.41) is 10.1. The third-order valence-corrected chi connectivity index (χ3v) is 4.05. The fourth-order valence-corrected chi connectivity index (χ4v) is 2.91. The fraction of sp³-hybridized carbons (Fsp3) is 0.278. The van der Waals surface area contributed by atoms with Gasteiger partial charge < -0.3 is 14.7 Å². The highest BCUT2D eigenvalue weighted by atomic mass is 16.5. The van der Waals surface area contributed by atoms with Crippen molar-refractivity contribution in [3.05, 3.63) is 59.7 Å². The summed E-state index contributed by atoms with van der Waals surface area (Å²) in [6, 6.07) is 15.1. The van der Waals surface area contributed by atoms with Crippen molar-refractivity contribution in [2.24, 2.45) is 0 Å². The largest absolute Gasteiger partial charge is 0.496 e. The van der Waals surface area contributed by atoms with Crippen LogP contribution in [0.2, 0.25) is 0 Å². The number of aliphatic hydroxyl groups is 1. The zero-order valence-corrected chi connectivity index (χ0v) is 12.5. The lowest BCUT2D eigenvalue weighted by Crippen LogP contribution is -2.37. The van der Waals surface area contributed by atoms with E-state index in [4.69, 9.17) is 4.74 Å². The maximum Gasteiger partial charge on any atom is 0.231 e. The van der Waals surface area contributed by atoms with Gasteiger partial charge in [0.25, 0.3) is 0 Å². The third kappa shape index (κ3) is 2.70. The molecule has 1 amide bonds. The number of anilines is 1. The van der Waals surface area contributed by atoms with Crippen molar-refractivity contribution in [1.82, 2.24) is 0 Å². The molecule has 0 aromatic heterocycles. The van der Waals surface area contributed by atoms with Gasteiger partial charge >= 0.3 is 0 Å². The molecule has 1 unspecified atom stereocenters. The van der Waals surface area contributed by atoms with Gasteiger partial charge in [-0.15, -0.1) is 0 Å². The third-order valence-electron chi connectivity index (χ3n) is 4.05. The number of nitrogens with zero attached hydrogens (tertiary/aromatic N) is 1. The zero-order chi connectivity index (χ0) is 15.5. The Morgan fingerprint density at radius 3 is 2.77 bits per heavy atom. The lowest BCUT2D eigenvalue weighted by molar-refractivity contribution is -0.118. The number of hydrogen-bond donors (Lipinski definition) is 1. The minimum Gasteiger partial charge on any atom is -0.496 e. The van der Waals surface area contributed by atoms with E-state index in [-0.39, 0.29) is 12.3 Å². The number of benzene rings is 2. The van der Waals surface area contributed by atoms with Gasteiger partial charge in [-0.05, 0) is 18.6 Å². The second kappa shape index (κ2) is 6.20. The van der Waals surface area contributed by atoms with E-state index in [1.54, 1.807) is 12.0 Å². The van der Waals surface area contributed by atoms with Crippen LogP contribution in [0.25, 0.3) is 0 Å². The monoisotopic (exact) mass is 297 g/mol. The molecule has 0 saturated carbocycles. The average Bonchev–Trinajstić information content (AvgIpc) is 2.56. The normalized spacial score (nSPS) is 17.0. The molecule has 1 aliphatic rings. The maximum atomic E-state index is 12.7. The number of fused-ring (bicyclic) bond motifs is 1. The van der Waals surface area contributed by atoms with E-state index in [1.807, 2.05) is 48.5 Å². The zero-order valence-electron chi connectivity index (χ0n) is 12.5. The number of carbonyl (C=O) groups excluding carboxylic acids is 1. The van der Waals surface area contributed by atoms with Gasteiger partial charge in [-0.1, -0.05) is 36.4 Å². The van der Waals surface area contributed by atoms with Crippen molar-refractivity contribution in [2.45, 2.75) is 18.9 Å². The van der Waals surface area contributed by atoms with E-state index < -0.39 is 6.10 Å². The smallest absolute Gasteiger partial charge is 0.231 e. The predicted molar refractivity (Wildman–Crippen MR) is 85.1 cm³/mol. The molecule has 22 heavy (non-hydrogen) atoms. The first-order valence-corrected chi connectivity index (χ1v) is 7.40. The number of methoxy groups -OCH3 is 1. The number of carbonyl (C=O) groups is 1. The summed E-state index contributed by atoms with van der Waals surface area (Å²) in [6.45, 7) is 0.534. The number of hydrogen-bond acceptors (Lipinski definition) is 3. The van der Waals surface area contributed by atoms with Gasteiger partial charge in [0.15, 0.2) is 0 Å². The minimum absolute atomic E-state index is 0.0175. The van der Waals surface area contributed by atoms with Gasteiger partial charge in [0, 0.05) is 23.4 Å². The summed E-state index contributed by atoms with van der Waals surface area (Å²) in [4.78, 5) is 14.5. The van der Waals surface area contributed by atoms with Crippen molar-refractivity contribution in [1.29, 1.82) is 0 Å². The molecule has 3 rings (SSSR count). The molecule has 4 heteroatoms. The molecule has 1 aliphatic heterocycles. The number of ether oxygens (including phenoxy) is 1. The van der Waals surface area contributed by atoms with Crippen LogP contribution in [0, 0.1) is 0 Å². The highest BCUT2D eigenvalue weighted by molar-refractivity contribution is 5.96. The Bertz CT molecular complexity index is 684. The van der Waals surface area contributed by atoms with Gasteiger partial charge in [-0.2, -0.15) is 0 Å². The van der Waals surface area contributed by atoms with Gasteiger partial charge in [-0.3, -0.25) is 4.79 Å². The topological polar surface area (TPSA) is 49.8 Å². The van der Waals surface area contributed by atoms with E-state index in [0.29, 0.717) is 13.0 Å². The van der Waals surface area contributed by atoms with Gasteiger partial charge in [0.1, 0.15) is 5.75 Å². The van der Waals surface area contributed by atoms with Crippen LogP contribution < -0.4 is 9.64 Å². The number of amides is 1. The van der Waals surface area contributed by atoms with Crippen LogP contribution in [0.4, 0.5) is 5.69 Å². The first-order chi connectivity index (χ1) is 10.7. The number of rotatable bonds is 3. The van der Waals surface area contributed by atoms with E-state index in [2.05, 4.69) is 0 Å². The molecule has 0 aliphatic carbocycles. The summed E-state index contributed by atoms with van der Waals surface area (Å²) in [5.41, 5.74) is 2.50. The highest BCUT2D eigenvalue weighted by Crippen LogP contribution is 2.34. The van der Waals surface area contributed by atoms with Crippen LogP contribution in [-0.2, 0) is 11.2 Å². The van der Waals surface area contributed by atoms with Crippen molar-refractivity contribution < 1.29 is 14.6 Å². The molecule has 0 bridgehead atoms. The lowest BCUT2D eigenvalue weighted by Gasteiger charge is -2.32. The second-order valence-electron chi connectivity index (χ2n) is 5.40. The lowest BCUT2D eigenvalue weighted by atomic mass is 9.98. The number of aliphatic hydroxyl groups excluding tert-OH is 1. The standard InChI is InChI=1S/C18H19NO3/c1-22-17-9-5-2-6-13(17)12-18(21)19-11-10-16(20)14-7-3-4-8-15(14)19/h2-9,16,20H,10-12H2,1H3. The molecule has 2 aromatic carbocycles. The summed E-state index contributed by atoms with van der Waals surface area (Å²) >= 11 is 0. The van der Waals surface area contributed by atoms with E-state index >= 15 is 0 Å². The van der Waals surface area contributed by atoms with E-state index in [1.165, 1.54) is 0 Å². The van der Waals surface area contributed by atoms with Crippen molar-refractivity contribution >= 4 is 11.6 Å². The fourth-order valence-electron chi connectivity index (χ4n) is 2.91. The Hall–Kier alpha value is -2.33. The van der Waals surface area contributed by atoms with Crippen LogP contribution in [-0.4, -0.2) is 24.7 Å². The van der Waals surface area contributed by atoms with Crippen molar-refractivity contribution in [2.75, 3.05) is 18.6 Å². The molecule has 4 nitrogen and oxygen atoms in total. The molecule has 1 heterocycles. The van der Waals surface area contributed by atoms with Gasteiger partial charge in [0.2, 0.25) is 5.91 Å². The Morgan fingerprint density at radius 1 is 1.23 bits per heavy atom. The summed E-state index contributed by atoms with van der Waals surface area (Å²) in [7, 11) is 1.61. The van der Waals surface area contributed by atoms with E-state index in [0.717, 1.165) is 22.6 Å². The van der Waals surface area contributed by atoms with Crippen LogP contribution >= 0.6 is 0 Å². The van der Waals surface area contributed by atoms with Gasteiger partial charge in [0.05, 0.1) is 19.6 Å².